The summed E-state index contributed by atoms with van der Waals surface area (Å²) in [6.07, 6.45) is 5.57. The Hall–Kier alpha value is -0.390. The van der Waals surface area contributed by atoms with E-state index < -0.39 is 0 Å². The first-order valence-corrected chi connectivity index (χ1v) is 7.96. The zero-order valence-electron chi connectivity index (χ0n) is 10.2. The van der Waals surface area contributed by atoms with E-state index in [1.54, 1.807) is 0 Å². The Balaban J connectivity index is 1.91. The predicted octanol–water partition coefficient (Wildman–Crippen LogP) is 3.18. The van der Waals surface area contributed by atoms with Crippen molar-refractivity contribution < 1.29 is 9.90 Å². The fourth-order valence-corrected chi connectivity index (χ4v) is 3.63. The summed E-state index contributed by atoms with van der Waals surface area (Å²) >= 11 is 4.86. The van der Waals surface area contributed by atoms with Crippen LogP contribution in [0.1, 0.15) is 42.5 Å². The molecule has 5 heteroatoms. The maximum absolute atomic E-state index is 12.0. The van der Waals surface area contributed by atoms with Gasteiger partial charge in [-0.3, -0.25) is 4.79 Å². The summed E-state index contributed by atoms with van der Waals surface area (Å²) in [6, 6.07) is 1.83. The first-order valence-electron chi connectivity index (χ1n) is 6.28. The molecule has 1 aromatic heterocycles. The van der Waals surface area contributed by atoms with Gasteiger partial charge in [0.2, 0.25) is 0 Å². The van der Waals surface area contributed by atoms with Gasteiger partial charge in [0.05, 0.1) is 16.0 Å². The van der Waals surface area contributed by atoms with Gasteiger partial charge in [-0.05, 0) is 34.8 Å². The monoisotopic (exact) mass is 331 g/mol. The van der Waals surface area contributed by atoms with Gasteiger partial charge in [0, 0.05) is 17.3 Å². The number of carbonyl (C=O) groups is 1. The smallest absolute Gasteiger partial charge is 0.252 e. The summed E-state index contributed by atoms with van der Waals surface area (Å²) in [5.74, 6) is -0.0460. The molecule has 1 fully saturated rings. The molecule has 1 amide bonds. The second kappa shape index (κ2) is 6.17. The van der Waals surface area contributed by atoms with E-state index in [4.69, 9.17) is 0 Å². The van der Waals surface area contributed by atoms with Crippen LogP contribution >= 0.6 is 27.3 Å². The molecule has 18 heavy (non-hydrogen) atoms. The van der Waals surface area contributed by atoms with Gasteiger partial charge in [-0.25, -0.2) is 0 Å². The number of aliphatic hydroxyl groups excluding tert-OH is 1. The van der Waals surface area contributed by atoms with Crippen molar-refractivity contribution in [3.05, 3.63) is 20.8 Å². The standard InChI is InChI=1S/C13H18BrNO2S/c14-11-6-10(7-18-11)12(17)15-8-13(9-16)4-2-1-3-5-13/h6-7,16H,1-5,8-9H2,(H,15,17). The predicted molar refractivity (Wildman–Crippen MR) is 77.0 cm³/mol. The van der Waals surface area contributed by atoms with E-state index in [2.05, 4.69) is 21.2 Å². The van der Waals surface area contributed by atoms with Crippen LogP contribution in [-0.4, -0.2) is 24.2 Å². The van der Waals surface area contributed by atoms with Crippen molar-refractivity contribution in [2.45, 2.75) is 32.1 Å². The molecular formula is C13H18BrNO2S. The number of hydrogen-bond acceptors (Lipinski definition) is 3. The van der Waals surface area contributed by atoms with Gasteiger partial charge in [-0.15, -0.1) is 11.3 Å². The summed E-state index contributed by atoms with van der Waals surface area (Å²) in [6.45, 7) is 0.746. The summed E-state index contributed by atoms with van der Waals surface area (Å²) in [5, 5.41) is 14.4. The average molecular weight is 332 g/mol. The topological polar surface area (TPSA) is 49.3 Å². The molecule has 1 saturated carbocycles. The molecule has 1 aromatic rings. The van der Waals surface area contributed by atoms with E-state index in [0.717, 1.165) is 29.5 Å². The molecule has 3 nitrogen and oxygen atoms in total. The maximum Gasteiger partial charge on any atom is 0.252 e. The molecule has 0 saturated heterocycles. The van der Waals surface area contributed by atoms with Crippen LogP contribution in [0.15, 0.2) is 15.2 Å². The van der Waals surface area contributed by atoms with Crippen molar-refractivity contribution in [2.75, 3.05) is 13.2 Å². The first-order chi connectivity index (χ1) is 8.65. The summed E-state index contributed by atoms with van der Waals surface area (Å²) in [5.41, 5.74) is 0.594. The number of carbonyl (C=O) groups excluding carboxylic acids is 1. The molecule has 1 heterocycles. The molecule has 0 spiro atoms. The zero-order valence-corrected chi connectivity index (χ0v) is 12.6. The number of thiophene rings is 1. The summed E-state index contributed by atoms with van der Waals surface area (Å²) in [4.78, 5) is 12.0. The molecule has 0 radical (unpaired) electrons. The highest BCUT2D eigenvalue weighted by atomic mass is 79.9. The van der Waals surface area contributed by atoms with Gasteiger partial charge in [-0.2, -0.15) is 0 Å². The van der Waals surface area contributed by atoms with E-state index in [-0.39, 0.29) is 17.9 Å². The molecule has 1 aliphatic carbocycles. The maximum atomic E-state index is 12.0. The van der Waals surface area contributed by atoms with Crippen LogP contribution < -0.4 is 5.32 Å². The molecule has 2 rings (SSSR count). The van der Waals surface area contributed by atoms with Gasteiger partial charge in [-0.1, -0.05) is 19.3 Å². The van der Waals surface area contributed by atoms with Crippen LogP contribution in [0.25, 0.3) is 0 Å². The Morgan fingerprint density at radius 2 is 2.17 bits per heavy atom. The molecule has 0 aliphatic heterocycles. The highest BCUT2D eigenvalue weighted by Gasteiger charge is 2.31. The number of nitrogens with one attached hydrogen (secondary N) is 1. The fraction of sp³-hybridized carbons (Fsp3) is 0.615. The third-order valence-corrected chi connectivity index (χ3v) is 5.21. The lowest BCUT2D eigenvalue weighted by atomic mass is 9.74. The zero-order chi connectivity index (χ0) is 13.0. The molecule has 1 aliphatic rings. The minimum Gasteiger partial charge on any atom is -0.396 e. The number of rotatable bonds is 4. The van der Waals surface area contributed by atoms with E-state index >= 15 is 0 Å². The molecule has 0 bridgehead atoms. The minimum atomic E-state index is -0.0961. The van der Waals surface area contributed by atoms with Crippen molar-refractivity contribution in [2.24, 2.45) is 5.41 Å². The Morgan fingerprint density at radius 1 is 1.44 bits per heavy atom. The highest BCUT2D eigenvalue weighted by Crippen LogP contribution is 2.35. The average Bonchev–Trinajstić information content (AvgIpc) is 2.84. The molecule has 100 valence electrons. The largest absolute Gasteiger partial charge is 0.396 e. The molecular weight excluding hydrogens is 314 g/mol. The van der Waals surface area contributed by atoms with Gasteiger partial charge >= 0.3 is 0 Å². The van der Waals surface area contributed by atoms with Crippen LogP contribution in [0.3, 0.4) is 0 Å². The van der Waals surface area contributed by atoms with Gasteiger partial charge in [0.25, 0.3) is 5.91 Å². The van der Waals surface area contributed by atoms with Crippen molar-refractivity contribution in [1.29, 1.82) is 0 Å². The Kier molecular flexibility index (Phi) is 4.81. The number of hydrogen-bond donors (Lipinski definition) is 2. The first kappa shape index (κ1) is 14.0. The van der Waals surface area contributed by atoms with Crippen molar-refractivity contribution in [1.82, 2.24) is 5.32 Å². The highest BCUT2D eigenvalue weighted by molar-refractivity contribution is 9.11. The van der Waals surface area contributed by atoms with Crippen LogP contribution in [0.4, 0.5) is 0 Å². The Labute approximate surface area is 120 Å². The number of halogens is 1. The van der Waals surface area contributed by atoms with Crippen molar-refractivity contribution >= 4 is 33.2 Å². The van der Waals surface area contributed by atoms with Crippen molar-refractivity contribution in [3.63, 3.8) is 0 Å². The van der Waals surface area contributed by atoms with Crippen LogP contribution in [0.2, 0.25) is 0 Å². The SMILES string of the molecule is O=C(NCC1(CO)CCCCC1)c1csc(Br)c1. The summed E-state index contributed by atoms with van der Waals surface area (Å²) in [7, 11) is 0. The Morgan fingerprint density at radius 3 is 2.72 bits per heavy atom. The lowest BCUT2D eigenvalue weighted by Crippen LogP contribution is -2.41. The lowest BCUT2D eigenvalue weighted by molar-refractivity contribution is 0.0718. The van der Waals surface area contributed by atoms with Gasteiger partial charge in [0.1, 0.15) is 0 Å². The third-order valence-electron chi connectivity index (χ3n) is 3.70. The molecule has 0 unspecified atom stereocenters. The van der Waals surface area contributed by atoms with Crippen LogP contribution in [-0.2, 0) is 0 Å². The minimum absolute atomic E-state index is 0.0460. The second-order valence-electron chi connectivity index (χ2n) is 5.04. The number of aliphatic hydroxyl groups is 1. The van der Waals surface area contributed by atoms with E-state index in [1.165, 1.54) is 17.8 Å². The normalized spacial score (nSPS) is 18.6. The Bertz CT molecular complexity index is 413. The van der Waals surface area contributed by atoms with Gasteiger partial charge in [0.15, 0.2) is 0 Å². The quantitative estimate of drug-likeness (QED) is 0.890. The van der Waals surface area contributed by atoms with Crippen molar-refractivity contribution in [3.8, 4) is 0 Å². The molecule has 0 atom stereocenters. The summed E-state index contributed by atoms with van der Waals surface area (Å²) < 4.78 is 0.960. The fourth-order valence-electron chi connectivity index (χ4n) is 2.49. The second-order valence-corrected chi connectivity index (χ2v) is 7.33. The van der Waals surface area contributed by atoms with E-state index in [9.17, 15) is 9.90 Å². The third kappa shape index (κ3) is 3.33. The van der Waals surface area contributed by atoms with Gasteiger partial charge < -0.3 is 10.4 Å². The van der Waals surface area contributed by atoms with Crippen LogP contribution in [0.5, 0.6) is 0 Å². The van der Waals surface area contributed by atoms with Crippen LogP contribution in [0, 0.1) is 5.41 Å². The lowest BCUT2D eigenvalue weighted by Gasteiger charge is -2.35. The van der Waals surface area contributed by atoms with E-state index in [1.807, 2.05) is 11.4 Å². The van der Waals surface area contributed by atoms with E-state index in [0.29, 0.717) is 12.1 Å². The molecule has 0 aromatic carbocycles. The number of amides is 1. The molecule has 2 N–H and O–H groups in total.